The summed E-state index contributed by atoms with van der Waals surface area (Å²) >= 11 is 0. The molecule has 0 aromatic heterocycles. The fourth-order valence-electron chi connectivity index (χ4n) is 5.26. The zero-order chi connectivity index (χ0) is 25.6. The van der Waals surface area contributed by atoms with Crippen LogP contribution < -0.4 is 9.47 Å². The van der Waals surface area contributed by atoms with E-state index in [1.165, 1.54) is 32.4 Å². The van der Waals surface area contributed by atoms with Crippen molar-refractivity contribution in [3.8, 4) is 22.6 Å². The van der Waals surface area contributed by atoms with Gasteiger partial charge in [0.1, 0.15) is 11.5 Å². The molecule has 37 heavy (non-hydrogen) atoms. The lowest BCUT2D eigenvalue weighted by molar-refractivity contribution is 0.0609. The summed E-state index contributed by atoms with van der Waals surface area (Å²) in [4.78, 5) is 16.5. The molecule has 3 aromatic carbocycles. The first kappa shape index (κ1) is 25.2. The zero-order valence-corrected chi connectivity index (χ0v) is 21.7. The van der Waals surface area contributed by atoms with E-state index in [0.29, 0.717) is 17.6 Å². The van der Waals surface area contributed by atoms with Crippen molar-refractivity contribution in [1.82, 2.24) is 4.90 Å². The Labute approximate surface area is 219 Å². The molecule has 5 rings (SSSR count). The van der Waals surface area contributed by atoms with Crippen LogP contribution in [0.15, 0.2) is 78.4 Å². The van der Waals surface area contributed by atoms with E-state index >= 15 is 0 Å². The summed E-state index contributed by atoms with van der Waals surface area (Å²) in [6.45, 7) is 4.05. The average molecular weight is 498 g/mol. The van der Waals surface area contributed by atoms with Gasteiger partial charge in [-0.25, -0.2) is 0 Å². The van der Waals surface area contributed by atoms with Gasteiger partial charge < -0.3 is 19.1 Å². The van der Waals surface area contributed by atoms with Gasteiger partial charge in [-0.3, -0.25) is 4.79 Å². The number of methoxy groups -OCH3 is 2. The molecule has 5 nitrogen and oxygen atoms in total. The van der Waals surface area contributed by atoms with E-state index in [1.807, 2.05) is 72.8 Å². The molecule has 0 bridgehead atoms. The van der Waals surface area contributed by atoms with Gasteiger partial charge in [-0.2, -0.15) is 0 Å². The summed E-state index contributed by atoms with van der Waals surface area (Å²) < 4.78 is 17.0. The summed E-state index contributed by atoms with van der Waals surface area (Å²) in [5.41, 5.74) is 3.22. The molecule has 1 atom stereocenters. The van der Waals surface area contributed by atoms with E-state index in [4.69, 9.17) is 14.2 Å². The highest BCUT2D eigenvalue weighted by molar-refractivity contribution is 6.21. The monoisotopic (exact) mass is 497 g/mol. The number of Topliss-reactive ketones (excluding diaryl/α,β-unsaturated/α-hetero) is 1. The number of piperidine rings is 1. The van der Waals surface area contributed by atoms with Crippen molar-refractivity contribution in [1.29, 1.82) is 0 Å². The van der Waals surface area contributed by atoms with Gasteiger partial charge in [0.25, 0.3) is 0 Å². The van der Waals surface area contributed by atoms with E-state index in [0.717, 1.165) is 46.6 Å². The largest absolute Gasteiger partial charge is 0.497 e. The Bertz CT molecular complexity index is 1320. The van der Waals surface area contributed by atoms with E-state index in [-0.39, 0.29) is 11.9 Å². The van der Waals surface area contributed by atoms with Crippen LogP contribution in [0.5, 0.6) is 11.5 Å². The van der Waals surface area contributed by atoms with Crippen molar-refractivity contribution in [3.63, 3.8) is 0 Å². The summed E-state index contributed by atoms with van der Waals surface area (Å²) in [6.07, 6.45) is 10.6. The molecule has 0 amide bonds. The van der Waals surface area contributed by atoms with Crippen molar-refractivity contribution < 1.29 is 19.0 Å². The molecule has 1 unspecified atom stereocenters. The number of hydrogen-bond donors (Lipinski definition) is 0. The summed E-state index contributed by atoms with van der Waals surface area (Å²) in [5.74, 6) is 1.53. The fraction of sp³-hybridized carbons (Fsp3) is 0.344. The summed E-state index contributed by atoms with van der Waals surface area (Å²) in [6, 6.07) is 17.8. The van der Waals surface area contributed by atoms with Crippen molar-refractivity contribution in [3.05, 3.63) is 84.0 Å². The van der Waals surface area contributed by atoms with Crippen LogP contribution in [-0.4, -0.2) is 57.2 Å². The van der Waals surface area contributed by atoms with Crippen molar-refractivity contribution in [2.45, 2.75) is 31.8 Å². The molecule has 0 spiro atoms. The molecule has 1 heterocycles. The van der Waals surface area contributed by atoms with Gasteiger partial charge in [0.15, 0.2) is 5.78 Å². The standard InChI is InChI=1S/C32H35NO4/c1-35-27-8-6-7-24(21-27)29-15-11-25-22-28(36-2)14-16-30(25)31(29)32(34)23-9-12-26(13-10-23)37-20-19-33-17-4-3-5-18-33/h6-12,14-16,21-22,26H,3-5,13,17-20H2,1-2H3. The molecule has 0 N–H and O–H groups in total. The molecule has 2 aliphatic rings. The van der Waals surface area contributed by atoms with Gasteiger partial charge >= 0.3 is 0 Å². The Morgan fingerprint density at radius 1 is 0.946 bits per heavy atom. The van der Waals surface area contributed by atoms with Crippen LogP contribution in [0.2, 0.25) is 0 Å². The number of ketones is 1. The molecule has 1 saturated heterocycles. The molecule has 5 heteroatoms. The van der Waals surface area contributed by atoms with Gasteiger partial charge in [-0.1, -0.05) is 48.9 Å². The average Bonchev–Trinajstić information content (AvgIpc) is 2.96. The maximum absolute atomic E-state index is 14.0. The second kappa shape index (κ2) is 11.8. The lowest BCUT2D eigenvalue weighted by Crippen LogP contribution is -2.33. The number of fused-ring (bicyclic) bond motifs is 1. The Kier molecular flexibility index (Phi) is 8.02. The second-order valence-electron chi connectivity index (χ2n) is 9.70. The number of nitrogens with zero attached hydrogens (tertiary/aromatic N) is 1. The number of hydrogen-bond acceptors (Lipinski definition) is 5. The minimum Gasteiger partial charge on any atom is -0.497 e. The first-order valence-corrected chi connectivity index (χ1v) is 13.2. The molecule has 0 saturated carbocycles. The van der Waals surface area contributed by atoms with Crippen molar-refractivity contribution >= 4 is 16.6 Å². The van der Waals surface area contributed by atoms with Gasteiger partial charge in [-0.15, -0.1) is 0 Å². The van der Waals surface area contributed by atoms with E-state index in [1.54, 1.807) is 14.2 Å². The van der Waals surface area contributed by atoms with E-state index < -0.39 is 0 Å². The molecule has 0 radical (unpaired) electrons. The molecule has 1 fully saturated rings. The molecule has 1 aliphatic carbocycles. The SMILES string of the molecule is COc1cccc(-c2ccc3cc(OC)ccc3c2C(=O)C2=CCC(OCCN3CCCCC3)C=C2)c1. The third-order valence-electron chi connectivity index (χ3n) is 7.35. The quantitative estimate of drug-likeness (QED) is 0.317. The minimum atomic E-state index is 0.0102. The number of benzene rings is 3. The minimum absolute atomic E-state index is 0.0102. The van der Waals surface area contributed by atoms with Crippen LogP contribution in [0, 0.1) is 0 Å². The maximum atomic E-state index is 14.0. The van der Waals surface area contributed by atoms with Gasteiger partial charge in [-0.05, 0) is 84.6 Å². The maximum Gasteiger partial charge on any atom is 0.193 e. The van der Waals surface area contributed by atoms with Gasteiger partial charge in [0.05, 0.1) is 26.9 Å². The third kappa shape index (κ3) is 5.79. The first-order chi connectivity index (χ1) is 18.2. The third-order valence-corrected chi connectivity index (χ3v) is 7.35. The molecular weight excluding hydrogens is 462 g/mol. The Morgan fingerprint density at radius 2 is 1.76 bits per heavy atom. The number of carbonyl (C=O) groups is 1. The highest BCUT2D eigenvalue weighted by Gasteiger charge is 2.22. The second-order valence-corrected chi connectivity index (χ2v) is 9.70. The molecule has 3 aromatic rings. The molecule has 1 aliphatic heterocycles. The van der Waals surface area contributed by atoms with Crippen LogP contribution in [0.1, 0.15) is 36.0 Å². The lowest BCUT2D eigenvalue weighted by Gasteiger charge is -2.27. The highest BCUT2D eigenvalue weighted by Crippen LogP contribution is 2.35. The van der Waals surface area contributed by atoms with Crippen LogP contribution in [-0.2, 0) is 4.74 Å². The molecule has 192 valence electrons. The van der Waals surface area contributed by atoms with Crippen molar-refractivity contribution in [2.75, 3.05) is 40.5 Å². The van der Waals surface area contributed by atoms with Crippen LogP contribution in [0.4, 0.5) is 0 Å². The number of rotatable bonds is 9. The Balaban J connectivity index is 1.39. The predicted octanol–water partition coefficient (Wildman–Crippen LogP) is 6.46. The topological polar surface area (TPSA) is 48.0 Å². The summed E-state index contributed by atoms with van der Waals surface area (Å²) in [5, 5.41) is 1.87. The first-order valence-electron chi connectivity index (χ1n) is 13.2. The fourth-order valence-corrected chi connectivity index (χ4v) is 5.26. The smallest absolute Gasteiger partial charge is 0.193 e. The number of likely N-dealkylation sites (tertiary alicyclic amines) is 1. The predicted molar refractivity (Wildman–Crippen MR) is 149 cm³/mol. The van der Waals surface area contributed by atoms with Gasteiger partial charge in [0, 0.05) is 17.7 Å². The highest BCUT2D eigenvalue weighted by atomic mass is 16.5. The van der Waals surface area contributed by atoms with E-state index in [2.05, 4.69) is 4.90 Å². The Morgan fingerprint density at radius 3 is 2.51 bits per heavy atom. The van der Waals surface area contributed by atoms with Crippen molar-refractivity contribution in [2.24, 2.45) is 0 Å². The van der Waals surface area contributed by atoms with E-state index in [9.17, 15) is 4.79 Å². The van der Waals surface area contributed by atoms with Gasteiger partial charge in [0.2, 0.25) is 0 Å². The van der Waals surface area contributed by atoms with Crippen LogP contribution in [0.3, 0.4) is 0 Å². The molecular formula is C32H35NO4. The normalized spacial score (nSPS) is 18.0. The lowest BCUT2D eigenvalue weighted by atomic mass is 9.87. The van der Waals surface area contributed by atoms with Crippen LogP contribution in [0.25, 0.3) is 21.9 Å². The zero-order valence-electron chi connectivity index (χ0n) is 21.7. The summed E-state index contributed by atoms with van der Waals surface area (Å²) in [7, 11) is 3.31. The van der Waals surface area contributed by atoms with Crippen LogP contribution >= 0.6 is 0 Å². The number of ether oxygens (including phenoxy) is 3. The number of carbonyl (C=O) groups excluding carboxylic acids is 1. The Hall–Kier alpha value is -3.41. The number of allylic oxidation sites excluding steroid dienone is 2.